The van der Waals surface area contributed by atoms with Gasteiger partial charge in [0.05, 0.1) is 6.04 Å². The summed E-state index contributed by atoms with van der Waals surface area (Å²) in [5, 5.41) is 18.9. The molecule has 11 heteroatoms. The Labute approximate surface area is 254 Å². The van der Waals surface area contributed by atoms with Crippen molar-refractivity contribution >= 4 is 47.2 Å². The van der Waals surface area contributed by atoms with E-state index in [1.165, 1.54) is 0 Å². The van der Waals surface area contributed by atoms with E-state index in [4.69, 9.17) is 5.73 Å². The van der Waals surface area contributed by atoms with E-state index in [0.29, 0.717) is 0 Å². The van der Waals surface area contributed by atoms with Gasteiger partial charge in [-0.15, -0.1) is 0 Å². The Kier molecular flexibility index (Phi) is 11.0. The topological polar surface area (TPSA) is 166 Å². The van der Waals surface area contributed by atoms with Gasteiger partial charge in [-0.1, -0.05) is 78.9 Å². The van der Waals surface area contributed by atoms with Crippen LogP contribution >= 0.6 is 12.6 Å². The molecule has 1 heterocycles. The lowest BCUT2D eigenvalue weighted by Crippen LogP contribution is -2.58. The predicted molar refractivity (Wildman–Crippen MR) is 168 cm³/mol. The number of nitrogens with one attached hydrogen (secondary N) is 4. The fourth-order valence-electron chi connectivity index (χ4n) is 4.74. The summed E-state index contributed by atoms with van der Waals surface area (Å²) >= 11 is 4.08. The van der Waals surface area contributed by atoms with Crippen molar-refractivity contribution in [3.63, 3.8) is 0 Å². The molecule has 0 saturated heterocycles. The van der Waals surface area contributed by atoms with E-state index in [9.17, 15) is 24.3 Å². The van der Waals surface area contributed by atoms with Crippen LogP contribution in [0.4, 0.5) is 0 Å². The van der Waals surface area contributed by atoms with Gasteiger partial charge in [0, 0.05) is 42.1 Å². The highest BCUT2D eigenvalue weighted by molar-refractivity contribution is 7.80. The van der Waals surface area contributed by atoms with Crippen molar-refractivity contribution in [2.24, 2.45) is 5.73 Å². The number of aromatic nitrogens is 1. The smallest absolute Gasteiger partial charge is 0.326 e. The average Bonchev–Trinajstić information content (AvgIpc) is 3.43. The molecule has 10 nitrogen and oxygen atoms in total. The van der Waals surface area contributed by atoms with Crippen LogP contribution in [0.25, 0.3) is 10.9 Å². The van der Waals surface area contributed by atoms with Crippen LogP contribution in [0.3, 0.4) is 0 Å². The molecule has 0 saturated carbocycles. The van der Waals surface area contributed by atoms with Crippen LogP contribution in [0.2, 0.25) is 0 Å². The Balaban J connectivity index is 1.56. The van der Waals surface area contributed by atoms with Crippen LogP contribution in [0.15, 0.2) is 91.1 Å². The van der Waals surface area contributed by atoms with Crippen LogP contribution in [-0.2, 0) is 38.4 Å². The molecule has 3 amide bonds. The molecule has 0 bridgehead atoms. The van der Waals surface area contributed by atoms with Crippen LogP contribution in [0.5, 0.6) is 0 Å². The van der Waals surface area contributed by atoms with Crippen molar-refractivity contribution in [3.05, 3.63) is 108 Å². The summed E-state index contributed by atoms with van der Waals surface area (Å²) in [6.45, 7) is 0. The zero-order chi connectivity index (χ0) is 30.8. The second kappa shape index (κ2) is 15.0. The first kappa shape index (κ1) is 31.3. The lowest BCUT2D eigenvalue weighted by atomic mass is 10.0. The van der Waals surface area contributed by atoms with Crippen LogP contribution in [0, 0.1) is 0 Å². The van der Waals surface area contributed by atoms with Gasteiger partial charge in [0.1, 0.15) is 18.1 Å². The second-order valence-electron chi connectivity index (χ2n) is 10.3. The fraction of sp³-hybridized carbons (Fsp3) is 0.250. The highest BCUT2D eigenvalue weighted by atomic mass is 32.1. The van der Waals surface area contributed by atoms with Crippen molar-refractivity contribution in [2.75, 3.05) is 5.75 Å². The summed E-state index contributed by atoms with van der Waals surface area (Å²) < 4.78 is 0. The number of amides is 3. The molecule has 4 aromatic rings. The third-order valence-corrected chi connectivity index (χ3v) is 7.47. The Bertz CT molecular complexity index is 1550. The molecule has 7 N–H and O–H groups in total. The number of hydrogen-bond donors (Lipinski definition) is 7. The number of carbonyl (C=O) groups is 4. The normalized spacial score (nSPS) is 13.8. The fourth-order valence-corrected chi connectivity index (χ4v) is 4.91. The van der Waals surface area contributed by atoms with Gasteiger partial charge in [-0.25, -0.2) is 4.79 Å². The Hall–Kier alpha value is -4.61. The van der Waals surface area contributed by atoms with E-state index in [2.05, 4.69) is 33.6 Å². The molecular formula is C32H35N5O5S. The number of benzene rings is 3. The SMILES string of the molecule is NC(CS)C(=O)NC(Cc1ccccc1)C(=O)NC(Cc1ccccc1)C(=O)NC(Cc1c[nH]c2ccccc12)C(=O)O. The maximum absolute atomic E-state index is 13.6. The van der Waals surface area contributed by atoms with Crippen LogP contribution < -0.4 is 21.7 Å². The largest absolute Gasteiger partial charge is 0.480 e. The van der Waals surface area contributed by atoms with Crippen molar-refractivity contribution in [3.8, 4) is 0 Å². The van der Waals surface area contributed by atoms with Crippen molar-refractivity contribution in [1.29, 1.82) is 0 Å². The van der Waals surface area contributed by atoms with E-state index >= 15 is 0 Å². The molecule has 224 valence electrons. The summed E-state index contributed by atoms with van der Waals surface area (Å²) in [6.07, 6.45) is 2.00. The molecule has 0 spiro atoms. The van der Waals surface area contributed by atoms with Crippen LogP contribution in [0.1, 0.15) is 16.7 Å². The van der Waals surface area contributed by atoms with Gasteiger partial charge >= 0.3 is 5.97 Å². The average molecular weight is 602 g/mol. The number of para-hydroxylation sites is 1. The summed E-state index contributed by atoms with van der Waals surface area (Å²) in [5.74, 6) is -2.96. The maximum Gasteiger partial charge on any atom is 0.326 e. The third kappa shape index (κ3) is 8.69. The van der Waals surface area contributed by atoms with E-state index < -0.39 is 47.9 Å². The number of carboxylic acid groups (broad SMARTS) is 1. The van der Waals surface area contributed by atoms with E-state index in [-0.39, 0.29) is 25.0 Å². The highest BCUT2D eigenvalue weighted by Crippen LogP contribution is 2.19. The molecule has 0 radical (unpaired) electrons. The Morgan fingerprint density at radius 1 is 0.698 bits per heavy atom. The van der Waals surface area contributed by atoms with Gasteiger partial charge in [0.25, 0.3) is 0 Å². The monoisotopic (exact) mass is 601 g/mol. The van der Waals surface area contributed by atoms with Gasteiger partial charge in [-0.3, -0.25) is 14.4 Å². The first-order valence-corrected chi connectivity index (χ1v) is 14.5. The molecule has 4 rings (SSSR count). The standard InChI is InChI=1S/C32H35N5O5S/c33-24(19-43)29(38)35-26(15-20-9-3-1-4-10-20)30(39)36-27(16-21-11-5-2-6-12-21)31(40)37-28(32(41)42)17-22-18-34-25-14-8-7-13-23(22)25/h1-14,18,24,26-28,34,43H,15-17,19,33H2,(H,35,38)(H,36,39)(H,37,40)(H,41,42). The molecule has 0 aliphatic rings. The predicted octanol–water partition coefficient (Wildman–Crippen LogP) is 1.99. The van der Waals surface area contributed by atoms with Gasteiger partial charge in [0.2, 0.25) is 17.7 Å². The summed E-state index contributed by atoms with van der Waals surface area (Å²) in [4.78, 5) is 55.3. The number of rotatable bonds is 14. The molecule has 1 aromatic heterocycles. The number of aliphatic carboxylic acids is 1. The lowest BCUT2D eigenvalue weighted by Gasteiger charge is -2.25. The maximum atomic E-state index is 13.6. The molecule has 3 aromatic carbocycles. The number of fused-ring (bicyclic) bond motifs is 1. The summed E-state index contributed by atoms with van der Waals surface area (Å²) in [6, 6.07) is 21.3. The van der Waals surface area contributed by atoms with Crippen molar-refractivity contribution in [1.82, 2.24) is 20.9 Å². The quantitative estimate of drug-likeness (QED) is 0.109. The zero-order valence-corrected chi connectivity index (χ0v) is 24.3. The molecule has 43 heavy (non-hydrogen) atoms. The minimum atomic E-state index is -1.25. The second-order valence-corrected chi connectivity index (χ2v) is 10.6. The lowest BCUT2D eigenvalue weighted by molar-refractivity contribution is -0.142. The number of hydrogen-bond acceptors (Lipinski definition) is 6. The van der Waals surface area contributed by atoms with Gasteiger partial charge < -0.3 is 31.8 Å². The summed E-state index contributed by atoms with van der Waals surface area (Å²) in [7, 11) is 0. The molecule has 0 aliphatic carbocycles. The zero-order valence-electron chi connectivity index (χ0n) is 23.4. The number of carbonyl (C=O) groups excluding carboxylic acids is 3. The Morgan fingerprint density at radius 2 is 1.19 bits per heavy atom. The molecule has 4 atom stereocenters. The number of thiol groups is 1. The first-order valence-electron chi connectivity index (χ1n) is 13.9. The summed E-state index contributed by atoms with van der Waals surface area (Å²) in [5.41, 5.74) is 8.97. The minimum Gasteiger partial charge on any atom is -0.480 e. The van der Waals surface area contributed by atoms with Gasteiger partial charge in [-0.05, 0) is 22.8 Å². The first-order chi connectivity index (χ1) is 20.7. The van der Waals surface area contributed by atoms with E-state index in [0.717, 1.165) is 27.6 Å². The highest BCUT2D eigenvalue weighted by Gasteiger charge is 2.31. The molecule has 0 aliphatic heterocycles. The van der Waals surface area contributed by atoms with E-state index in [1.807, 2.05) is 72.8 Å². The van der Waals surface area contributed by atoms with Gasteiger partial charge in [-0.2, -0.15) is 12.6 Å². The molecule has 0 fully saturated rings. The number of aromatic amines is 1. The van der Waals surface area contributed by atoms with E-state index in [1.54, 1.807) is 18.3 Å². The minimum absolute atomic E-state index is 0.0331. The Morgan fingerprint density at radius 3 is 1.72 bits per heavy atom. The van der Waals surface area contributed by atoms with Gasteiger partial charge in [0.15, 0.2) is 0 Å². The number of H-pyrrole nitrogens is 1. The van der Waals surface area contributed by atoms with Crippen LogP contribution in [-0.4, -0.2) is 63.7 Å². The van der Waals surface area contributed by atoms with Crippen molar-refractivity contribution in [2.45, 2.75) is 43.4 Å². The van der Waals surface area contributed by atoms with Crippen molar-refractivity contribution < 1.29 is 24.3 Å². The third-order valence-electron chi connectivity index (χ3n) is 7.08. The molecule has 4 unspecified atom stereocenters. The number of carboxylic acids is 1. The molecular weight excluding hydrogens is 566 g/mol. The number of nitrogens with two attached hydrogens (primary N) is 1.